The number of nitrogens with one attached hydrogen (secondary N) is 1. The van der Waals surface area contributed by atoms with Gasteiger partial charge in [0.1, 0.15) is 17.5 Å². The third-order valence-electron chi connectivity index (χ3n) is 6.16. The smallest absolute Gasteiger partial charge is 0.270 e. The molecule has 0 radical (unpaired) electrons. The van der Waals surface area contributed by atoms with E-state index in [1.165, 1.54) is 0 Å². The third kappa shape index (κ3) is 4.89. The van der Waals surface area contributed by atoms with E-state index in [9.17, 15) is 14.4 Å². The first-order chi connectivity index (χ1) is 16.0. The number of amides is 3. The Balaban J connectivity index is 1.55. The molecule has 0 saturated carbocycles. The van der Waals surface area contributed by atoms with Gasteiger partial charge in [-0.25, -0.2) is 5.43 Å². The first kappa shape index (κ1) is 22.5. The number of methoxy groups -OCH3 is 1. The molecule has 1 unspecified atom stereocenters. The molecular formula is C25H28N4O4. The molecule has 2 aromatic carbocycles. The van der Waals surface area contributed by atoms with Crippen LogP contribution in [-0.4, -0.2) is 66.0 Å². The summed E-state index contributed by atoms with van der Waals surface area (Å²) in [4.78, 5) is 41.1. The minimum absolute atomic E-state index is 0.0607. The molecule has 2 aliphatic rings. The molecule has 2 heterocycles. The lowest BCUT2D eigenvalue weighted by Gasteiger charge is -2.40. The Morgan fingerprint density at radius 3 is 2.55 bits per heavy atom. The van der Waals surface area contributed by atoms with Crippen LogP contribution >= 0.6 is 0 Å². The molecule has 1 N–H and O–H groups in total. The largest absolute Gasteiger partial charge is 0.497 e. The zero-order chi connectivity index (χ0) is 23.4. The number of ether oxygens (including phenoxy) is 1. The number of hydrogen-bond donors (Lipinski definition) is 1. The van der Waals surface area contributed by atoms with Crippen molar-refractivity contribution in [2.75, 3.05) is 26.7 Å². The van der Waals surface area contributed by atoms with Gasteiger partial charge in [-0.3, -0.25) is 14.4 Å². The van der Waals surface area contributed by atoms with Gasteiger partial charge in [0.15, 0.2) is 0 Å². The van der Waals surface area contributed by atoms with E-state index in [-0.39, 0.29) is 30.6 Å². The Morgan fingerprint density at radius 2 is 1.88 bits per heavy atom. The van der Waals surface area contributed by atoms with Crippen LogP contribution in [0.4, 0.5) is 0 Å². The Kier molecular flexibility index (Phi) is 6.72. The van der Waals surface area contributed by atoms with Gasteiger partial charge in [0, 0.05) is 38.9 Å². The lowest BCUT2D eigenvalue weighted by molar-refractivity contribution is -0.148. The number of nitrogens with zero attached hydrogens (tertiary/aromatic N) is 3. The second kappa shape index (κ2) is 9.85. The molecule has 0 bridgehead atoms. The second-order valence-corrected chi connectivity index (χ2v) is 8.16. The highest BCUT2D eigenvalue weighted by Crippen LogP contribution is 2.25. The number of benzene rings is 2. The Bertz CT molecular complexity index is 1080. The molecule has 2 aliphatic heterocycles. The fourth-order valence-corrected chi connectivity index (χ4v) is 4.25. The van der Waals surface area contributed by atoms with Crippen molar-refractivity contribution < 1.29 is 19.1 Å². The monoisotopic (exact) mass is 448 g/mol. The third-order valence-corrected chi connectivity index (χ3v) is 6.16. The van der Waals surface area contributed by atoms with Gasteiger partial charge in [-0.15, -0.1) is 0 Å². The van der Waals surface area contributed by atoms with Crippen molar-refractivity contribution in [1.29, 1.82) is 0 Å². The molecule has 4 rings (SSSR count). The summed E-state index contributed by atoms with van der Waals surface area (Å²) in [5.41, 5.74) is 5.73. The number of carbonyl (C=O) groups is 3. The van der Waals surface area contributed by atoms with E-state index < -0.39 is 6.04 Å². The number of carbonyl (C=O) groups excluding carboxylic acids is 3. The molecule has 8 heteroatoms. The Morgan fingerprint density at radius 1 is 1.09 bits per heavy atom. The zero-order valence-electron chi connectivity index (χ0n) is 18.9. The van der Waals surface area contributed by atoms with Crippen LogP contribution in [0.15, 0.2) is 53.6 Å². The first-order valence-electron chi connectivity index (χ1n) is 11.2. The lowest BCUT2D eigenvalue weighted by atomic mass is 9.97. The van der Waals surface area contributed by atoms with E-state index in [2.05, 4.69) is 10.5 Å². The average Bonchev–Trinajstić information content (AvgIpc) is 2.85. The molecule has 1 atom stereocenters. The highest BCUT2D eigenvalue weighted by molar-refractivity contribution is 6.39. The van der Waals surface area contributed by atoms with Gasteiger partial charge in [-0.2, -0.15) is 5.10 Å². The molecule has 2 aromatic rings. The highest BCUT2D eigenvalue weighted by Gasteiger charge is 2.38. The standard InChI is InChI=1S/C25H28N4O4/c1-3-28-13-14-29(24(31)21-11-12-23(30)27-26-21)22(25(28)32)15-17-7-9-18(10-8-17)19-5-4-6-20(16-19)33-2/h4-10,16,22H,3,11-15H2,1-2H3,(H,27,30). The Hall–Kier alpha value is -3.68. The molecule has 8 nitrogen and oxygen atoms in total. The molecule has 0 spiro atoms. The van der Waals surface area contributed by atoms with Crippen LogP contribution in [0, 0.1) is 0 Å². The van der Waals surface area contributed by atoms with Gasteiger partial charge in [0.2, 0.25) is 11.8 Å². The summed E-state index contributed by atoms with van der Waals surface area (Å²) >= 11 is 0. The molecular weight excluding hydrogens is 420 g/mol. The van der Waals surface area contributed by atoms with Crippen molar-refractivity contribution >= 4 is 23.4 Å². The van der Waals surface area contributed by atoms with Gasteiger partial charge in [-0.05, 0) is 35.7 Å². The first-order valence-corrected chi connectivity index (χ1v) is 11.2. The van der Waals surface area contributed by atoms with Crippen LogP contribution in [0.3, 0.4) is 0 Å². The average molecular weight is 449 g/mol. The summed E-state index contributed by atoms with van der Waals surface area (Å²) < 4.78 is 5.31. The molecule has 172 valence electrons. The van der Waals surface area contributed by atoms with Crippen molar-refractivity contribution in [3.63, 3.8) is 0 Å². The van der Waals surface area contributed by atoms with Gasteiger partial charge >= 0.3 is 0 Å². The molecule has 0 aromatic heterocycles. The van der Waals surface area contributed by atoms with Gasteiger partial charge < -0.3 is 14.5 Å². The second-order valence-electron chi connectivity index (χ2n) is 8.16. The number of hydrogen-bond acceptors (Lipinski definition) is 5. The van der Waals surface area contributed by atoms with E-state index in [1.807, 2.05) is 55.5 Å². The summed E-state index contributed by atoms with van der Waals surface area (Å²) in [5, 5.41) is 3.94. The molecule has 0 aliphatic carbocycles. The van der Waals surface area contributed by atoms with Crippen molar-refractivity contribution in [3.8, 4) is 16.9 Å². The maximum absolute atomic E-state index is 13.2. The fraction of sp³-hybridized carbons (Fsp3) is 0.360. The zero-order valence-corrected chi connectivity index (χ0v) is 18.9. The normalized spacial score (nSPS) is 18.6. The number of likely N-dealkylation sites (N-methyl/N-ethyl adjacent to an activating group) is 1. The maximum atomic E-state index is 13.2. The van der Waals surface area contributed by atoms with E-state index in [1.54, 1.807) is 16.9 Å². The summed E-state index contributed by atoms with van der Waals surface area (Å²) in [5.74, 6) is 0.248. The fourth-order valence-electron chi connectivity index (χ4n) is 4.25. The summed E-state index contributed by atoms with van der Waals surface area (Å²) in [7, 11) is 1.64. The molecule has 3 amide bonds. The van der Waals surface area contributed by atoms with E-state index in [4.69, 9.17) is 4.74 Å². The van der Waals surface area contributed by atoms with Gasteiger partial charge in [0.05, 0.1) is 7.11 Å². The van der Waals surface area contributed by atoms with Crippen molar-refractivity contribution in [3.05, 3.63) is 54.1 Å². The van der Waals surface area contributed by atoms with Crippen LogP contribution in [-0.2, 0) is 20.8 Å². The van der Waals surface area contributed by atoms with Crippen LogP contribution in [0.5, 0.6) is 5.75 Å². The van der Waals surface area contributed by atoms with Crippen LogP contribution in [0.1, 0.15) is 25.3 Å². The summed E-state index contributed by atoms with van der Waals surface area (Å²) in [6.45, 7) is 3.48. The van der Waals surface area contributed by atoms with Gasteiger partial charge in [0.25, 0.3) is 5.91 Å². The van der Waals surface area contributed by atoms with E-state index >= 15 is 0 Å². The minimum Gasteiger partial charge on any atom is -0.497 e. The number of rotatable bonds is 6. The number of hydrazone groups is 1. The van der Waals surface area contributed by atoms with Gasteiger partial charge in [-0.1, -0.05) is 36.4 Å². The molecule has 1 fully saturated rings. The minimum atomic E-state index is -0.603. The SMILES string of the molecule is CCN1CCN(C(=O)C2=NNC(=O)CC2)C(Cc2ccc(-c3cccc(OC)c3)cc2)C1=O. The quantitative estimate of drug-likeness (QED) is 0.734. The summed E-state index contributed by atoms with van der Waals surface area (Å²) in [6.07, 6.45) is 0.928. The predicted octanol–water partition coefficient (Wildman–Crippen LogP) is 2.23. The maximum Gasteiger partial charge on any atom is 0.270 e. The lowest BCUT2D eigenvalue weighted by Crippen LogP contribution is -2.60. The van der Waals surface area contributed by atoms with Crippen molar-refractivity contribution in [2.45, 2.75) is 32.2 Å². The molecule has 1 saturated heterocycles. The van der Waals surface area contributed by atoms with Crippen molar-refractivity contribution in [2.24, 2.45) is 5.10 Å². The molecule has 33 heavy (non-hydrogen) atoms. The van der Waals surface area contributed by atoms with E-state index in [0.717, 1.165) is 22.4 Å². The number of piperazine rings is 1. The van der Waals surface area contributed by atoms with Crippen LogP contribution in [0.25, 0.3) is 11.1 Å². The van der Waals surface area contributed by atoms with Crippen molar-refractivity contribution in [1.82, 2.24) is 15.2 Å². The highest BCUT2D eigenvalue weighted by atomic mass is 16.5. The van der Waals surface area contributed by atoms with Crippen LogP contribution in [0.2, 0.25) is 0 Å². The topological polar surface area (TPSA) is 91.3 Å². The van der Waals surface area contributed by atoms with Crippen LogP contribution < -0.4 is 10.2 Å². The predicted molar refractivity (Wildman–Crippen MR) is 125 cm³/mol. The Labute approximate surface area is 193 Å². The summed E-state index contributed by atoms with van der Waals surface area (Å²) in [6, 6.07) is 15.3. The van der Waals surface area contributed by atoms with E-state index in [0.29, 0.717) is 31.8 Å².